The van der Waals surface area contributed by atoms with Crippen LogP contribution in [0.15, 0.2) is 145 Å². The minimum Gasteiger partial charge on any atom is -0.311 e. The van der Waals surface area contributed by atoms with Crippen LogP contribution in [-0.4, -0.2) is 5.78 Å². The number of carbonyl (C=O) groups excluding carboxylic acids is 1. The maximum atomic E-state index is 13.5. The van der Waals surface area contributed by atoms with Crippen molar-refractivity contribution in [3.8, 4) is 0 Å². The molecular formula is C34H25NO. The molecule has 0 radical (unpaired) electrons. The molecule has 172 valence electrons. The van der Waals surface area contributed by atoms with Crippen LogP contribution in [0.1, 0.15) is 33.0 Å². The molecule has 0 N–H and O–H groups in total. The van der Waals surface area contributed by atoms with Crippen LogP contribution >= 0.6 is 0 Å². The summed E-state index contributed by atoms with van der Waals surface area (Å²) < 4.78 is 0. The second-order valence-corrected chi connectivity index (χ2v) is 8.96. The quantitative estimate of drug-likeness (QED) is 0.243. The first-order valence-corrected chi connectivity index (χ1v) is 12.2. The highest BCUT2D eigenvalue weighted by Gasteiger charge is 2.35. The molecule has 6 rings (SSSR count). The number of para-hydroxylation sites is 2. The molecule has 1 aliphatic carbocycles. The summed E-state index contributed by atoms with van der Waals surface area (Å²) in [5, 5.41) is 0. The number of ketones is 1. The molecule has 2 nitrogen and oxygen atoms in total. The molecule has 1 atom stereocenters. The molecule has 0 aliphatic heterocycles. The van der Waals surface area contributed by atoms with Crippen LogP contribution in [0.4, 0.5) is 17.1 Å². The third kappa shape index (κ3) is 4.03. The van der Waals surface area contributed by atoms with E-state index in [1.165, 1.54) is 0 Å². The van der Waals surface area contributed by atoms with E-state index in [9.17, 15) is 4.79 Å². The monoisotopic (exact) mass is 463 g/mol. The normalized spacial score (nSPS) is 15.6. The van der Waals surface area contributed by atoms with Gasteiger partial charge >= 0.3 is 0 Å². The summed E-state index contributed by atoms with van der Waals surface area (Å²) in [5.41, 5.74) is 8.11. The SMILES string of the molecule is O=C1C(=Cc2ccc(N(c3ccccc3)c3ccccc3)cc2)C(c2ccccc2)c2ccccc21. The average Bonchev–Trinajstić information content (AvgIpc) is 3.22. The molecule has 0 bridgehead atoms. The lowest BCUT2D eigenvalue weighted by atomic mass is 9.89. The third-order valence-corrected chi connectivity index (χ3v) is 6.72. The number of hydrogen-bond donors (Lipinski definition) is 0. The minimum absolute atomic E-state index is 0.0558. The van der Waals surface area contributed by atoms with Gasteiger partial charge in [-0.1, -0.05) is 103 Å². The van der Waals surface area contributed by atoms with Crippen LogP contribution in [0.25, 0.3) is 6.08 Å². The Hall–Kier alpha value is -4.69. The lowest BCUT2D eigenvalue weighted by Gasteiger charge is -2.25. The van der Waals surface area contributed by atoms with E-state index in [0.717, 1.165) is 44.9 Å². The van der Waals surface area contributed by atoms with E-state index in [0.29, 0.717) is 0 Å². The molecular weight excluding hydrogens is 438 g/mol. The summed E-state index contributed by atoms with van der Waals surface area (Å²) in [4.78, 5) is 15.7. The number of fused-ring (bicyclic) bond motifs is 1. The summed E-state index contributed by atoms with van der Waals surface area (Å²) >= 11 is 0. The standard InChI is InChI=1S/C34H25NO/c36-34-31-19-11-10-18-30(31)33(26-12-4-1-5-13-26)32(34)24-25-20-22-29(23-21-25)35(27-14-6-2-7-15-27)28-16-8-3-9-17-28/h1-24,33H. The van der Waals surface area contributed by atoms with Crippen molar-refractivity contribution >= 4 is 28.9 Å². The molecule has 1 unspecified atom stereocenters. The van der Waals surface area contributed by atoms with E-state index >= 15 is 0 Å². The molecule has 36 heavy (non-hydrogen) atoms. The molecule has 0 aromatic heterocycles. The van der Waals surface area contributed by atoms with Gasteiger partial charge in [0.25, 0.3) is 0 Å². The van der Waals surface area contributed by atoms with Crippen LogP contribution in [0.5, 0.6) is 0 Å². The van der Waals surface area contributed by atoms with Gasteiger partial charge in [-0.25, -0.2) is 0 Å². The fraction of sp³-hybridized carbons (Fsp3) is 0.0294. The first-order chi connectivity index (χ1) is 17.8. The number of allylic oxidation sites excluding steroid dienone is 1. The van der Waals surface area contributed by atoms with Crippen molar-refractivity contribution in [2.24, 2.45) is 0 Å². The van der Waals surface area contributed by atoms with Crippen molar-refractivity contribution in [2.75, 3.05) is 4.90 Å². The lowest BCUT2D eigenvalue weighted by molar-refractivity contribution is 0.103. The van der Waals surface area contributed by atoms with E-state index in [1.807, 2.05) is 48.5 Å². The highest BCUT2D eigenvalue weighted by Crippen LogP contribution is 2.43. The molecule has 0 amide bonds. The second-order valence-electron chi connectivity index (χ2n) is 8.96. The fourth-order valence-corrected chi connectivity index (χ4v) is 5.06. The smallest absolute Gasteiger partial charge is 0.190 e. The predicted octanol–water partition coefficient (Wildman–Crippen LogP) is 8.57. The summed E-state index contributed by atoms with van der Waals surface area (Å²) in [6.07, 6.45) is 2.05. The Balaban J connectivity index is 1.40. The zero-order valence-electron chi connectivity index (χ0n) is 19.8. The first-order valence-electron chi connectivity index (χ1n) is 12.2. The maximum absolute atomic E-state index is 13.5. The van der Waals surface area contributed by atoms with Gasteiger partial charge in [0.15, 0.2) is 5.78 Å². The summed E-state index contributed by atoms with van der Waals surface area (Å²) in [6, 6.07) is 47.4. The van der Waals surface area contributed by atoms with Gasteiger partial charge in [0, 0.05) is 34.1 Å². The number of carbonyl (C=O) groups is 1. The fourth-order valence-electron chi connectivity index (χ4n) is 5.06. The van der Waals surface area contributed by atoms with E-state index in [2.05, 4.69) is 102 Å². The van der Waals surface area contributed by atoms with Crippen molar-refractivity contribution in [3.05, 3.63) is 167 Å². The number of hydrogen-bond acceptors (Lipinski definition) is 2. The lowest BCUT2D eigenvalue weighted by Crippen LogP contribution is -2.09. The van der Waals surface area contributed by atoms with Gasteiger partial charge < -0.3 is 4.90 Å². The largest absolute Gasteiger partial charge is 0.311 e. The number of anilines is 3. The zero-order valence-corrected chi connectivity index (χ0v) is 19.8. The maximum Gasteiger partial charge on any atom is 0.190 e. The minimum atomic E-state index is -0.0558. The first kappa shape index (κ1) is 21.8. The molecule has 0 heterocycles. The van der Waals surface area contributed by atoms with E-state index in [4.69, 9.17) is 0 Å². The van der Waals surface area contributed by atoms with Gasteiger partial charge in [-0.2, -0.15) is 0 Å². The summed E-state index contributed by atoms with van der Waals surface area (Å²) in [6.45, 7) is 0. The second kappa shape index (κ2) is 9.52. The zero-order chi connectivity index (χ0) is 24.3. The van der Waals surface area contributed by atoms with Gasteiger partial charge in [-0.05, 0) is 59.2 Å². The molecule has 2 heteroatoms. The van der Waals surface area contributed by atoms with Gasteiger partial charge in [-0.15, -0.1) is 0 Å². The number of rotatable bonds is 5. The predicted molar refractivity (Wildman–Crippen MR) is 148 cm³/mol. The molecule has 5 aromatic rings. The van der Waals surface area contributed by atoms with Gasteiger partial charge in [0.05, 0.1) is 0 Å². The van der Waals surface area contributed by atoms with Crippen molar-refractivity contribution in [1.82, 2.24) is 0 Å². The Labute approximate surface area is 211 Å². The number of Topliss-reactive ketones (excluding diaryl/α,β-unsaturated/α-hetero) is 1. The van der Waals surface area contributed by atoms with Crippen molar-refractivity contribution in [2.45, 2.75) is 5.92 Å². The van der Waals surface area contributed by atoms with Crippen LogP contribution < -0.4 is 4.90 Å². The average molecular weight is 464 g/mol. The van der Waals surface area contributed by atoms with E-state index < -0.39 is 0 Å². The molecule has 5 aromatic carbocycles. The molecule has 0 fully saturated rings. The van der Waals surface area contributed by atoms with Crippen molar-refractivity contribution in [1.29, 1.82) is 0 Å². The van der Waals surface area contributed by atoms with Gasteiger partial charge in [0.1, 0.15) is 0 Å². The van der Waals surface area contributed by atoms with Crippen LogP contribution in [-0.2, 0) is 0 Å². The molecule has 0 saturated heterocycles. The summed E-state index contributed by atoms with van der Waals surface area (Å²) in [5.74, 6) is 0.0541. The van der Waals surface area contributed by atoms with E-state index in [-0.39, 0.29) is 11.7 Å². The van der Waals surface area contributed by atoms with Crippen molar-refractivity contribution < 1.29 is 4.79 Å². The van der Waals surface area contributed by atoms with Crippen molar-refractivity contribution in [3.63, 3.8) is 0 Å². The number of benzene rings is 5. The van der Waals surface area contributed by atoms with E-state index in [1.54, 1.807) is 0 Å². The molecule has 0 spiro atoms. The van der Waals surface area contributed by atoms with Crippen LogP contribution in [0.3, 0.4) is 0 Å². The van der Waals surface area contributed by atoms with Gasteiger partial charge in [-0.3, -0.25) is 4.79 Å². The molecule has 1 aliphatic rings. The topological polar surface area (TPSA) is 20.3 Å². The highest BCUT2D eigenvalue weighted by molar-refractivity contribution is 6.17. The third-order valence-electron chi connectivity index (χ3n) is 6.72. The highest BCUT2D eigenvalue weighted by atomic mass is 16.1. The Morgan fingerprint density at radius 2 is 1.03 bits per heavy atom. The van der Waals surface area contributed by atoms with Crippen LogP contribution in [0, 0.1) is 0 Å². The van der Waals surface area contributed by atoms with Crippen LogP contribution in [0.2, 0.25) is 0 Å². The molecule has 0 saturated carbocycles. The number of nitrogens with zero attached hydrogens (tertiary/aromatic N) is 1. The Morgan fingerprint density at radius 3 is 1.64 bits per heavy atom. The Morgan fingerprint density at radius 1 is 0.528 bits per heavy atom. The summed E-state index contributed by atoms with van der Waals surface area (Å²) in [7, 11) is 0. The Bertz CT molecular complexity index is 1480. The van der Waals surface area contributed by atoms with Gasteiger partial charge in [0.2, 0.25) is 0 Å². The Kier molecular flexibility index (Phi) is 5.77.